The third kappa shape index (κ3) is 24.1. The molecule has 0 heterocycles. The molecule has 24 heavy (non-hydrogen) atoms. The van der Waals surface area contributed by atoms with Crippen LogP contribution in [-0.4, -0.2) is 50.6 Å². The summed E-state index contributed by atoms with van der Waals surface area (Å²) in [6.07, 6.45) is 11.1. The van der Waals surface area contributed by atoms with Crippen LogP contribution in [0.4, 0.5) is 0 Å². The first-order chi connectivity index (χ1) is 11.8. The Bertz CT molecular complexity index is 226. The van der Waals surface area contributed by atoms with Gasteiger partial charge in [0.1, 0.15) is 0 Å². The third-order valence-corrected chi connectivity index (χ3v) is 8.86. The lowest BCUT2D eigenvalue weighted by Crippen LogP contribution is -1.93. The minimum absolute atomic E-state index is 0.243. The highest BCUT2D eigenvalue weighted by molar-refractivity contribution is 8.04. The Balaban J connectivity index is 2.95. The summed E-state index contributed by atoms with van der Waals surface area (Å²) < 4.78 is 0.243. The molecule has 0 N–H and O–H groups in total. The van der Waals surface area contributed by atoms with Gasteiger partial charge in [0.05, 0.1) is 4.58 Å². The van der Waals surface area contributed by atoms with Crippen molar-refractivity contribution < 1.29 is 0 Å². The fourth-order valence-electron chi connectivity index (χ4n) is 1.97. The molecule has 146 valence electrons. The number of hydrogen-bond donors (Lipinski definition) is 2. The first-order valence-electron chi connectivity index (χ1n) is 9.44. The van der Waals surface area contributed by atoms with Crippen molar-refractivity contribution in [1.29, 1.82) is 0 Å². The molecule has 0 fully saturated rings. The van der Waals surface area contributed by atoms with E-state index in [1.54, 1.807) is 0 Å². The Morgan fingerprint density at radius 1 is 0.542 bits per heavy atom. The standard InChI is InChI=1S/C18H38S6/c1-2-3-10-21-11-4-5-12-22-13-6-7-14-23-15-8-9-16-24-17-18(19)20/h18-20H,2-17H2,1H3. The highest BCUT2D eigenvalue weighted by Crippen LogP contribution is 2.15. The molecule has 0 nitrogen and oxygen atoms in total. The van der Waals surface area contributed by atoms with E-state index < -0.39 is 0 Å². The van der Waals surface area contributed by atoms with Gasteiger partial charge in [-0.25, -0.2) is 0 Å². The van der Waals surface area contributed by atoms with E-state index in [0.717, 1.165) is 5.75 Å². The van der Waals surface area contributed by atoms with Crippen LogP contribution in [0.25, 0.3) is 0 Å². The van der Waals surface area contributed by atoms with Gasteiger partial charge in [0.2, 0.25) is 0 Å². The number of thioether (sulfide) groups is 4. The van der Waals surface area contributed by atoms with Crippen molar-refractivity contribution in [2.75, 3.05) is 46.0 Å². The van der Waals surface area contributed by atoms with Crippen LogP contribution in [0.2, 0.25) is 0 Å². The van der Waals surface area contributed by atoms with E-state index in [4.69, 9.17) is 0 Å². The average Bonchev–Trinajstić information content (AvgIpc) is 2.56. The molecule has 6 heteroatoms. The molecule has 0 aliphatic rings. The number of unbranched alkanes of at least 4 members (excludes halogenated alkanes) is 4. The molecule has 0 saturated heterocycles. The van der Waals surface area contributed by atoms with E-state index in [1.165, 1.54) is 91.6 Å². The molecule has 0 aromatic carbocycles. The molecular weight excluding hydrogens is 409 g/mol. The SMILES string of the molecule is CCCCSCCCCSCCCCSCCCCSCC(S)S. The van der Waals surface area contributed by atoms with E-state index in [2.05, 4.69) is 67.5 Å². The molecule has 0 radical (unpaired) electrons. The lowest BCUT2D eigenvalue weighted by atomic mass is 10.4. The summed E-state index contributed by atoms with van der Waals surface area (Å²) >= 11 is 17.0. The van der Waals surface area contributed by atoms with Gasteiger partial charge in [-0.2, -0.15) is 72.3 Å². The monoisotopic (exact) mass is 446 g/mol. The largest absolute Gasteiger partial charge is 0.164 e. The quantitative estimate of drug-likeness (QED) is 0.115. The van der Waals surface area contributed by atoms with Crippen LogP contribution in [0.15, 0.2) is 0 Å². The van der Waals surface area contributed by atoms with Crippen molar-refractivity contribution in [2.24, 2.45) is 0 Å². The second kappa shape index (κ2) is 23.1. The zero-order valence-electron chi connectivity index (χ0n) is 15.4. The molecule has 0 saturated carbocycles. The van der Waals surface area contributed by atoms with Gasteiger partial charge in [0, 0.05) is 5.75 Å². The normalized spacial score (nSPS) is 11.5. The van der Waals surface area contributed by atoms with Gasteiger partial charge in [-0.15, -0.1) is 0 Å². The zero-order valence-corrected chi connectivity index (χ0v) is 20.5. The molecule has 0 aromatic rings. The first-order valence-corrected chi connectivity index (χ1v) is 15.1. The van der Waals surface area contributed by atoms with Crippen LogP contribution >= 0.6 is 72.3 Å². The van der Waals surface area contributed by atoms with Crippen molar-refractivity contribution >= 4 is 72.3 Å². The van der Waals surface area contributed by atoms with E-state index in [0.29, 0.717) is 0 Å². The summed E-state index contributed by atoms with van der Waals surface area (Å²) in [4.78, 5) is 0. The fourth-order valence-corrected chi connectivity index (χ4v) is 6.53. The van der Waals surface area contributed by atoms with Crippen LogP contribution < -0.4 is 0 Å². The second-order valence-electron chi connectivity index (χ2n) is 5.87. The van der Waals surface area contributed by atoms with Crippen LogP contribution in [0, 0.1) is 0 Å². The minimum atomic E-state index is 0.243. The van der Waals surface area contributed by atoms with Crippen molar-refractivity contribution in [3.63, 3.8) is 0 Å². The smallest absolute Gasteiger partial charge is 0.0532 e. The minimum Gasteiger partial charge on any atom is -0.164 e. The Kier molecular flexibility index (Phi) is 25.2. The van der Waals surface area contributed by atoms with Gasteiger partial charge >= 0.3 is 0 Å². The highest BCUT2D eigenvalue weighted by atomic mass is 32.2. The lowest BCUT2D eigenvalue weighted by molar-refractivity contribution is 0.877. The van der Waals surface area contributed by atoms with Crippen molar-refractivity contribution in [3.05, 3.63) is 0 Å². The Morgan fingerprint density at radius 3 is 1.21 bits per heavy atom. The van der Waals surface area contributed by atoms with Gasteiger partial charge in [-0.3, -0.25) is 0 Å². The van der Waals surface area contributed by atoms with Crippen LogP contribution in [0.3, 0.4) is 0 Å². The molecule has 0 bridgehead atoms. The van der Waals surface area contributed by atoms with Gasteiger partial charge < -0.3 is 0 Å². The van der Waals surface area contributed by atoms with Crippen LogP contribution in [-0.2, 0) is 0 Å². The van der Waals surface area contributed by atoms with Crippen LogP contribution in [0.5, 0.6) is 0 Å². The maximum absolute atomic E-state index is 4.27. The number of hydrogen-bond acceptors (Lipinski definition) is 6. The maximum Gasteiger partial charge on any atom is 0.0532 e. The molecule has 0 aliphatic heterocycles. The molecule has 0 unspecified atom stereocenters. The summed E-state index contributed by atoms with van der Waals surface area (Å²) in [6, 6.07) is 0. The number of rotatable bonds is 20. The third-order valence-electron chi connectivity index (χ3n) is 3.39. The summed E-state index contributed by atoms with van der Waals surface area (Å²) in [5.41, 5.74) is 0. The topological polar surface area (TPSA) is 0 Å². The maximum atomic E-state index is 4.27. The molecule has 0 rings (SSSR count). The average molecular weight is 447 g/mol. The summed E-state index contributed by atoms with van der Waals surface area (Å²) in [7, 11) is 0. The molecule has 0 atom stereocenters. The summed E-state index contributed by atoms with van der Waals surface area (Å²) in [5.74, 6) is 10.5. The Hall–Kier alpha value is 2.10. The van der Waals surface area contributed by atoms with E-state index in [1.807, 2.05) is 11.8 Å². The van der Waals surface area contributed by atoms with E-state index in [9.17, 15) is 0 Å². The Labute approximate surface area is 180 Å². The summed E-state index contributed by atoms with van der Waals surface area (Å²) in [5, 5.41) is 0. The molecular formula is C18H38S6. The summed E-state index contributed by atoms with van der Waals surface area (Å²) in [6.45, 7) is 2.28. The van der Waals surface area contributed by atoms with Crippen LogP contribution in [0.1, 0.15) is 58.3 Å². The van der Waals surface area contributed by atoms with Crippen molar-refractivity contribution in [3.8, 4) is 0 Å². The predicted octanol–water partition coefficient (Wildman–Crippen LogP) is 7.25. The Morgan fingerprint density at radius 2 is 0.875 bits per heavy atom. The molecule has 0 aliphatic carbocycles. The van der Waals surface area contributed by atoms with Gasteiger partial charge in [-0.05, 0) is 85.2 Å². The number of thiol groups is 2. The van der Waals surface area contributed by atoms with Gasteiger partial charge in [0.15, 0.2) is 0 Å². The van der Waals surface area contributed by atoms with Gasteiger partial charge in [-0.1, -0.05) is 13.3 Å². The predicted molar refractivity (Wildman–Crippen MR) is 134 cm³/mol. The van der Waals surface area contributed by atoms with Gasteiger partial charge in [0.25, 0.3) is 0 Å². The fraction of sp³-hybridized carbons (Fsp3) is 1.00. The first kappa shape index (κ1) is 26.1. The van der Waals surface area contributed by atoms with Crippen molar-refractivity contribution in [2.45, 2.75) is 62.9 Å². The molecule has 0 aromatic heterocycles. The van der Waals surface area contributed by atoms with E-state index in [-0.39, 0.29) is 4.58 Å². The lowest BCUT2D eigenvalue weighted by Gasteiger charge is -2.04. The zero-order chi connectivity index (χ0) is 17.7. The van der Waals surface area contributed by atoms with Crippen molar-refractivity contribution in [1.82, 2.24) is 0 Å². The molecule has 0 amide bonds. The van der Waals surface area contributed by atoms with E-state index >= 15 is 0 Å². The second-order valence-corrected chi connectivity index (χ2v) is 12.3. The molecule has 0 spiro atoms. The highest BCUT2D eigenvalue weighted by Gasteiger charge is 1.97.